The Balaban J connectivity index is 1.77. The highest BCUT2D eigenvalue weighted by Gasteiger charge is 2.44. The Hall–Kier alpha value is -2.28. The lowest BCUT2D eigenvalue weighted by Gasteiger charge is -2.46. The number of methoxy groups -OCH3 is 1. The summed E-state index contributed by atoms with van der Waals surface area (Å²) < 4.78 is 16.6. The van der Waals surface area contributed by atoms with Gasteiger partial charge < -0.3 is 24.2 Å². The van der Waals surface area contributed by atoms with Crippen LogP contribution in [-0.2, 0) is 9.47 Å². The summed E-state index contributed by atoms with van der Waals surface area (Å²) in [7, 11) is 1.34. The molecule has 1 N–H and O–H groups in total. The van der Waals surface area contributed by atoms with Crippen LogP contribution in [0.3, 0.4) is 0 Å². The number of hydrogen-bond acceptors (Lipinski definition) is 6. The van der Waals surface area contributed by atoms with E-state index < -0.39 is 23.3 Å². The van der Waals surface area contributed by atoms with Crippen LogP contribution < -0.4 is 4.74 Å². The lowest BCUT2D eigenvalue weighted by molar-refractivity contribution is -0.0570. The van der Waals surface area contributed by atoms with E-state index in [0.29, 0.717) is 49.2 Å². The van der Waals surface area contributed by atoms with Crippen LogP contribution in [0.25, 0.3) is 0 Å². The van der Waals surface area contributed by atoms with E-state index in [2.05, 4.69) is 0 Å². The highest BCUT2D eigenvalue weighted by atomic mass is 16.6. The molecule has 0 saturated carbocycles. The van der Waals surface area contributed by atoms with Crippen molar-refractivity contribution in [1.82, 2.24) is 4.90 Å². The second kappa shape index (κ2) is 7.28. The fraction of sp³-hybridized carbons (Fsp3) is 0.619. The third-order valence-corrected chi connectivity index (χ3v) is 5.34. The predicted octanol–water partition coefficient (Wildman–Crippen LogP) is 3.37. The lowest BCUT2D eigenvalue weighted by atomic mass is 9.81. The number of benzene rings is 1. The van der Waals surface area contributed by atoms with Gasteiger partial charge in [0.25, 0.3) is 0 Å². The van der Waals surface area contributed by atoms with Gasteiger partial charge >= 0.3 is 12.1 Å². The Morgan fingerprint density at radius 3 is 2.46 bits per heavy atom. The number of aliphatic hydroxyl groups is 1. The van der Waals surface area contributed by atoms with Crippen LogP contribution in [0.1, 0.15) is 67.6 Å². The Kier molecular flexibility index (Phi) is 5.32. The van der Waals surface area contributed by atoms with Crippen molar-refractivity contribution in [2.75, 3.05) is 20.2 Å². The van der Waals surface area contributed by atoms with Gasteiger partial charge in [-0.05, 0) is 45.4 Å². The summed E-state index contributed by atoms with van der Waals surface area (Å²) in [6, 6.07) is 3.44. The van der Waals surface area contributed by atoms with E-state index in [1.807, 2.05) is 27.7 Å². The maximum Gasteiger partial charge on any atom is 0.410 e. The molecule has 2 aliphatic heterocycles. The number of fused-ring (bicyclic) bond motifs is 1. The number of aryl methyl sites for hydroxylation is 1. The van der Waals surface area contributed by atoms with Crippen molar-refractivity contribution in [2.24, 2.45) is 0 Å². The summed E-state index contributed by atoms with van der Waals surface area (Å²) in [6.07, 6.45) is 0.623. The van der Waals surface area contributed by atoms with Crippen LogP contribution in [0, 0.1) is 6.92 Å². The van der Waals surface area contributed by atoms with E-state index in [1.165, 1.54) is 7.11 Å². The molecule has 1 spiro atoms. The van der Waals surface area contributed by atoms with Gasteiger partial charge in [0, 0.05) is 37.9 Å². The fourth-order valence-electron chi connectivity index (χ4n) is 3.86. The summed E-state index contributed by atoms with van der Waals surface area (Å²) >= 11 is 0. The molecule has 1 unspecified atom stereocenters. The summed E-state index contributed by atoms with van der Waals surface area (Å²) in [5.41, 5.74) is 0.754. The molecule has 3 rings (SSSR count). The highest BCUT2D eigenvalue weighted by Crippen LogP contribution is 2.45. The quantitative estimate of drug-likeness (QED) is 0.739. The van der Waals surface area contributed by atoms with Crippen LogP contribution in [0.4, 0.5) is 4.79 Å². The van der Waals surface area contributed by atoms with Crippen molar-refractivity contribution in [3.63, 3.8) is 0 Å². The SMILES string of the molecule is COC(=O)c1cc2c(cc1C)C(O)CC1(CCN(C(=O)OC(C)(C)C)CC1)O2. The van der Waals surface area contributed by atoms with Crippen molar-refractivity contribution in [1.29, 1.82) is 0 Å². The monoisotopic (exact) mass is 391 g/mol. The van der Waals surface area contributed by atoms with E-state index in [4.69, 9.17) is 14.2 Å². The Labute approximate surface area is 165 Å². The molecule has 0 aromatic heterocycles. The van der Waals surface area contributed by atoms with E-state index in [-0.39, 0.29) is 6.09 Å². The summed E-state index contributed by atoms with van der Waals surface area (Å²) in [4.78, 5) is 26.0. The normalized spacial score (nSPS) is 20.9. The number of piperidine rings is 1. The van der Waals surface area contributed by atoms with Crippen LogP contribution in [-0.4, -0.2) is 53.5 Å². The molecular formula is C21H29NO6. The molecular weight excluding hydrogens is 362 g/mol. The third-order valence-electron chi connectivity index (χ3n) is 5.34. The minimum atomic E-state index is -0.678. The Morgan fingerprint density at radius 2 is 1.89 bits per heavy atom. The Morgan fingerprint density at radius 1 is 1.25 bits per heavy atom. The van der Waals surface area contributed by atoms with Crippen LogP contribution in [0.5, 0.6) is 5.75 Å². The molecule has 28 heavy (non-hydrogen) atoms. The number of esters is 1. The molecule has 7 nitrogen and oxygen atoms in total. The molecule has 1 amide bonds. The van der Waals surface area contributed by atoms with E-state index >= 15 is 0 Å². The van der Waals surface area contributed by atoms with E-state index in [0.717, 1.165) is 5.56 Å². The molecule has 0 bridgehead atoms. The van der Waals surface area contributed by atoms with Gasteiger partial charge in [0.1, 0.15) is 17.0 Å². The average Bonchev–Trinajstić information content (AvgIpc) is 2.60. The van der Waals surface area contributed by atoms with Gasteiger partial charge in [0.15, 0.2) is 0 Å². The van der Waals surface area contributed by atoms with Crippen LogP contribution in [0.15, 0.2) is 12.1 Å². The number of likely N-dealkylation sites (tertiary alicyclic amines) is 1. The molecule has 154 valence electrons. The van der Waals surface area contributed by atoms with Crippen molar-refractivity contribution in [3.8, 4) is 5.75 Å². The maximum atomic E-state index is 12.3. The van der Waals surface area contributed by atoms with Crippen molar-refractivity contribution in [2.45, 2.75) is 64.3 Å². The number of rotatable bonds is 1. The first-order valence-corrected chi connectivity index (χ1v) is 9.61. The molecule has 7 heteroatoms. The van der Waals surface area contributed by atoms with Gasteiger partial charge in [-0.1, -0.05) is 0 Å². The van der Waals surface area contributed by atoms with Gasteiger partial charge in [-0.25, -0.2) is 9.59 Å². The number of carbonyl (C=O) groups is 2. The summed E-state index contributed by atoms with van der Waals surface area (Å²) in [5, 5.41) is 10.7. The Bertz CT molecular complexity index is 774. The topological polar surface area (TPSA) is 85.3 Å². The van der Waals surface area contributed by atoms with Gasteiger partial charge in [-0.15, -0.1) is 0 Å². The maximum absolute atomic E-state index is 12.3. The van der Waals surface area contributed by atoms with Crippen LogP contribution in [0.2, 0.25) is 0 Å². The minimum Gasteiger partial charge on any atom is -0.487 e. The summed E-state index contributed by atoms with van der Waals surface area (Å²) in [5.74, 6) is 0.0771. The van der Waals surface area contributed by atoms with E-state index in [1.54, 1.807) is 17.0 Å². The molecule has 1 saturated heterocycles. The van der Waals surface area contributed by atoms with Gasteiger partial charge in [-0.2, -0.15) is 0 Å². The van der Waals surface area contributed by atoms with Crippen molar-refractivity contribution >= 4 is 12.1 Å². The molecule has 2 aliphatic rings. The molecule has 1 aromatic carbocycles. The fourth-order valence-corrected chi connectivity index (χ4v) is 3.86. The average molecular weight is 391 g/mol. The second-order valence-corrected chi connectivity index (χ2v) is 8.67. The predicted molar refractivity (Wildman–Crippen MR) is 102 cm³/mol. The van der Waals surface area contributed by atoms with Gasteiger partial charge in [0.05, 0.1) is 18.8 Å². The highest BCUT2D eigenvalue weighted by molar-refractivity contribution is 5.91. The standard InChI is InChI=1S/C21H29NO6/c1-13-10-15-16(23)12-21(27-17(15)11-14(13)18(24)26-5)6-8-22(9-7-21)19(25)28-20(2,3)4/h10-11,16,23H,6-9,12H2,1-5H3. The van der Waals surface area contributed by atoms with Gasteiger partial charge in [-0.3, -0.25) is 0 Å². The molecule has 0 radical (unpaired) electrons. The zero-order valence-corrected chi connectivity index (χ0v) is 17.2. The first-order chi connectivity index (χ1) is 13.0. The summed E-state index contributed by atoms with van der Waals surface area (Å²) in [6.45, 7) is 8.32. The molecule has 1 aromatic rings. The molecule has 1 fully saturated rings. The first-order valence-electron chi connectivity index (χ1n) is 9.61. The number of hydrogen-bond donors (Lipinski definition) is 1. The van der Waals surface area contributed by atoms with Crippen LogP contribution >= 0.6 is 0 Å². The van der Waals surface area contributed by atoms with E-state index in [9.17, 15) is 14.7 Å². The minimum absolute atomic E-state index is 0.331. The second-order valence-electron chi connectivity index (χ2n) is 8.67. The number of ether oxygens (including phenoxy) is 3. The smallest absolute Gasteiger partial charge is 0.410 e. The molecule has 1 atom stereocenters. The number of amides is 1. The van der Waals surface area contributed by atoms with Crippen molar-refractivity contribution < 1.29 is 28.9 Å². The first kappa shape index (κ1) is 20.5. The van der Waals surface area contributed by atoms with Gasteiger partial charge in [0.2, 0.25) is 0 Å². The number of aliphatic hydroxyl groups excluding tert-OH is 1. The zero-order valence-electron chi connectivity index (χ0n) is 17.2. The third kappa shape index (κ3) is 4.09. The lowest BCUT2D eigenvalue weighted by Crippen LogP contribution is -2.52. The van der Waals surface area contributed by atoms with Crippen molar-refractivity contribution in [3.05, 3.63) is 28.8 Å². The number of carbonyl (C=O) groups excluding carboxylic acids is 2. The number of nitrogens with zero attached hydrogens (tertiary/aromatic N) is 1. The molecule has 0 aliphatic carbocycles. The largest absolute Gasteiger partial charge is 0.487 e. The molecule has 2 heterocycles. The zero-order chi connectivity index (χ0) is 20.7.